The fourth-order valence-electron chi connectivity index (χ4n) is 3.65. The van der Waals surface area contributed by atoms with Gasteiger partial charge in [0.1, 0.15) is 0 Å². The summed E-state index contributed by atoms with van der Waals surface area (Å²) in [6.45, 7) is 0. The minimum absolute atomic E-state index is 0.694. The number of nitrogens with zero attached hydrogens (tertiary/aromatic N) is 2. The lowest BCUT2D eigenvalue weighted by atomic mass is 10.0. The van der Waals surface area contributed by atoms with E-state index < -0.39 is 0 Å². The monoisotopic (exact) mass is 383 g/mol. The van der Waals surface area contributed by atoms with Crippen molar-refractivity contribution in [2.45, 2.75) is 0 Å². The van der Waals surface area contributed by atoms with Crippen LogP contribution in [0.2, 0.25) is 0 Å². The Morgan fingerprint density at radius 3 is 1.96 bits per heavy atom. The van der Waals surface area contributed by atoms with Crippen molar-refractivity contribution in [1.82, 2.24) is 0 Å². The molecule has 1 aromatic heterocycles. The number of hydrogen-bond acceptors (Lipinski definition) is 5. The fourth-order valence-corrected chi connectivity index (χ4v) is 3.65. The van der Waals surface area contributed by atoms with Crippen molar-refractivity contribution in [1.29, 1.82) is 0 Å². The van der Waals surface area contributed by atoms with Crippen LogP contribution in [-0.2, 0) is 7.05 Å². The smallest absolute Gasteiger partial charge is 0.284 e. The molecule has 0 amide bonds. The van der Waals surface area contributed by atoms with Gasteiger partial charge in [-0.15, -0.1) is 0 Å². The third-order valence-electron chi connectivity index (χ3n) is 4.86. The molecule has 0 unspecified atom stereocenters. The normalized spacial score (nSPS) is 10.7. The number of anilines is 1. The molecule has 0 aliphatic carbocycles. The van der Waals surface area contributed by atoms with E-state index >= 15 is 0 Å². The van der Waals surface area contributed by atoms with E-state index in [-0.39, 0.29) is 0 Å². The van der Waals surface area contributed by atoms with Crippen molar-refractivity contribution in [3.63, 3.8) is 0 Å². The van der Waals surface area contributed by atoms with Crippen LogP contribution >= 0.6 is 0 Å². The second-order valence-electron chi connectivity index (χ2n) is 6.64. The first-order valence-corrected chi connectivity index (χ1v) is 8.94. The highest BCUT2D eigenvalue weighted by molar-refractivity contribution is 5.91. The van der Waals surface area contributed by atoms with Crippen LogP contribution in [0.5, 0.6) is 23.0 Å². The minimum atomic E-state index is 0.694. The van der Waals surface area contributed by atoms with E-state index in [1.807, 2.05) is 51.5 Å². The molecule has 3 aromatic rings. The van der Waals surface area contributed by atoms with Gasteiger partial charge in [-0.2, -0.15) is 0 Å². The van der Waals surface area contributed by atoms with Gasteiger partial charge in [0, 0.05) is 5.39 Å². The van der Waals surface area contributed by atoms with Crippen LogP contribution in [0.15, 0.2) is 36.4 Å². The van der Waals surface area contributed by atoms with Crippen LogP contribution < -0.4 is 28.4 Å². The largest absolute Gasteiger partial charge is 0.493 e. The van der Waals surface area contributed by atoms with Crippen LogP contribution in [0.4, 0.5) is 5.82 Å². The summed E-state index contributed by atoms with van der Waals surface area (Å²) in [5.41, 5.74) is 3.08. The zero-order valence-electron chi connectivity index (χ0n) is 17.5. The third-order valence-corrected chi connectivity index (χ3v) is 4.86. The maximum Gasteiger partial charge on any atom is 0.284 e. The summed E-state index contributed by atoms with van der Waals surface area (Å²) in [6.07, 6.45) is 0. The number of ether oxygens (including phenoxy) is 4. The lowest BCUT2D eigenvalue weighted by Crippen LogP contribution is -2.37. The fraction of sp³-hybridized carbons (Fsp3) is 0.318. The average Bonchev–Trinajstić information content (AvgIpc) is 2.71. The van der Waals surface area contributed by atoms with Crippen molar-refractivity contribution in [3.8, 4) is 34.1 Å². The number of aryl methyl sites for hydroxylation is 1. The van der Waals surface area contributed by atoms with Crippen LogP contribution in [0, 0.1) is 0 Å². The Hall–Kier alpha value is -3.15. The lowest BCUT2D eigenvalue weighted by molar-refractivity contribution is -0.631. The SMILES string of the molecule is COc1ccc(-c2cc3ccc(OC)c(OC)c3[n+](C)c2N(C)C)cc1OC. The molecule has 3 rings (SSSR count). The second kappa shape index (κ2) is 7.84. The molecule has 0 bridgehead atoms. The molecule has 6 heteroatoms. The first-order chi connectivity index (χ1) is 13.5. The van der Waals surface area contributed by atoms with Gasteiger partial charge in [-0.3, -0.25) is 4.90 Å². The number of pyridine rings is 1. The average molecular weight is 383 g/mol. The van der Waals surface area contributed by atoms with Gasteiger partial charge in [0.05, 0.1) is 55.1 Å². The molecule has 0 aliphatic rings. The number of hydrogen-bond donors (Lipinski definition) is 0. The molecule has 1 heterocycles. The maximum atomic E-state index is 5.68. The van der Waals surface area contributed by atoms with E-state index in [9.17, 15) is 0 Å². The van der Waals surface area contributed by atoms with Crippen molar-refractivity contribution >= 4 is 16.7 Å². The molecule has 0 fully saturated rings. The van der Waals surface area contributed by atoms with Gasteiger partial charge in [-0.25, -0.2) is 4.57 Å². The van der Waals surface area contributed by atoms with Gasteiger partial charge < -0.3 is 18.9 Å². The Labute approximate surface area is 165 Å². The topological polar surface area (TPSA) is 44.0 Å². The third kappa shape index (κ3) is 3.15. The predicted molar refractivity (Wildman–Crippen MR) is 111 cm³/mol. The molecular weight excluding hydrogens is 356 g/mol. The molecule has 0 atom stereocenters. The lowest BCUT2D eigenvalue weighted by Gasteiger charge is -2.18. The number of rotatable bonds is 6. The Balaban J connectivity index is 2.37. The van der Waals surface area contributed by atoms with E-state index in [2.05, 4.69) is 15.5 Å². The van der Waals surface area contributed by atoms with Gasteiger partial charge in [0.15, 0.2) is 22.8 Å². The zero-order chi connectivity index (χ0) is 20.4. The molecular formula is C22H27N2O4+. The van der Waals surface area contributed by atoms with E-state index in [4.69, 9.17) is 18.9 Å². The summed E-state index contributed by atoms with van der Waals surface area (Å²) in [4.78, 5) is 2.09. The quantitative estimate of drug-likeness (QED) is 0.610. The predicted octanol–water partition coefficient (Wildman–Crippen LogP) is 3.43. The van der Waals surface area contributed by atoms with Gasteiger partial charge >= 0.3 is 0 Å². The minimum Gasteiger partial charge on any atom is -0.493 e. The van der Waals surface area contributed by atoms with Crippen LogP contribution in [0.1, 0.15) is 0 Å². The Bertz CT molecular complexity index is 1020. The summed E-state index contributed by atoms with van der Waals surface area (Å²) >= 11 is 0. The van der Waals surface area contributed by atoms with Gasteiger partial charge in [0.2, 0.25) is 5.75 Å². The summed E-state index contributed by atoms with van der Waals surface area (Å²) in [7, 11) is 12.7. The van der Waals surface area contributed by atoms with E-state index in [0.717, 1.165) is 27.8 Å². The standard InChI is InChI=1S/C22H27N2O4/c1-23(2)22-16(14-8-10-17(25-4)19(13-14)27-6)12-15-9-11-18(26-5)21(28-7)20(15)24(22)3/h8-13H,1-7H3/q+1. The summed E-state index contributed by atoms with van der Waals surface area (Å²) in [5, 5.41) is 1.05. The van der Waals surface area contributed by atoms with E-state index in [0.29, 0.717) is 23.0 Å². The van der Waals surface area contributed by atoms with Gasteiger partial charge in [-0.05, 0) is 35.9 Å². The molecule has 0 saturated carbocycles. The van der Waals surface area contributed by atoms with Crippen molar-refractivity contribution in [2.75, 3.05) is 47.4 Å². The van der Waals surface area contributed by atoms with Crippen molar-refractivity contribution in [3.05, 3.63) is 36.4 Å². The van der Waals surface area contributed by atoms with Crippen molar-refractivity contribution in [2.24, 2.45) is 7.05 Å². The molecule has 2 aromatic carbocycles. The molecule has 28 heavy (non-hydrogen) atoms. The summed E-state index contributed by atoms with van der Waals surface area (Å²) in [5.74, 6) is 3.85. The van der Waals surface area contributed by atoms with Gasteiger partial charge in [-0.1, -0.05) is 6.07 Å². The summed E-state index contributed by atoms with van der Waals surface area (Å²) in [6, 6.07) is 12.1. The molecule has 0 spiro atoms. The molecule has 0 aliphatic heterocycles. The first kappa shape index (κ1) is 19.6. The molecule has 0 N–H and O–H groups in total. The number of benzene rings is 2. The van der Waals surface area contributed by atoms with Gasteiger partial charge in [0.25, 0.3) is 5.82 Å². The Kier molecular flexibility index (Phi) is 5.49. The van der Waals surface area contributed by atoms with Crippen LogP contribution in [0.25, 0.3) is 22.0 Å². The van der Waals surface area contributed by atoms with E-state index in [1.54, 1.807) is 28.4 Å². The molecule has 0 saturated heterocycles. The molecule has 0 radical (unpaired) electrons. The van der Waals surface area contributed by atoms with Crippen LogP contribution in [0.3, 0.4) is 0 Å². The first-order valence-electron chi connectivity index (χ1n) is 8.94. The highest BCUT2D eigenvalue weighted by Gasteiger charge is 2.25. The van der Waals surface area contributed by atoms with Crippen LogP contribution in [-0.4, -0.2) is 42.5 Å². The number of methoxy groups -OCH3 is 4. The highest BCUT2D eigenvalue weighted by Crippen LogP contribution is 2.39. The zero-order valence-corrected chi connectivity index (χ0v) is 17.5. The molecule has 148 valence electrons. The highest BCUT2D eigenvalue weighted by atomic mass is 16.5. The number of aromatic nitrogens is 1. The Morgan fingerprint density at radius 1 is 0.750 bits per heavy atom. The summed E-state index contributed by atoms with van der Waals surface area (Å²) < 4.78 is 24.2. The molecule has 6 nitrogen and oxygen atoms in total. The maximum absolute atomic E-state index is 5.68. The number of fused-ring (bicyclic) bond motifs is 1. The van der Waals surface area contributed by atoms with E-state index in [1.165, 1.54) is 0 Å². The Morgan fingerprint density at radius 2 is 1.39 bits per heavy atom. The second-order valence-corrected chi connectivity index (χ2v) is 6.64. The van der Waals surface area contributed by atoms with Crippen molar-refractivity contribution < 1.29 is 23.5 Å².